The fraction of sp³-hybridized carbons (Fsp3) is 0.333. The third-order valence-electron chi connectivity index (χ3n) is 5.94. The Kier molecular flexibility index (Phi) is 8.83. The van der Waals surface area contributed by atoms with E-state index >= 15 is 0 Å². The van der Waals surface area contributed by atoms with E-state index in [0.29, 0.717) is 13.0 Å². The highest BCUT2D eigenvalue weighted by Crippen LogP contribution is 2.25. The van der Waals surface area contributed by atoms with E-state index in [1.54, 1.807) is 0 Å². The third-order valence-corrected chi connectivity index (χ3v) is 5.94. The molecule has 1 heterocycles. The van der Waals surface area contributed by atoms with Gasteiger partial charge in [0.25, 0.3) is 5.56 Å². The molecule has 9 heteroatoms. The first kappa shape index (κ1) is 26.5. The van der Waals surface area contributed by atoms with Gasteiger partial charge in [-0.2, -0.15) is 0 Å². The number of hydrogen-bond acceptors (Lipinski definition) is 5. The SMILES string of the molecule is CCCCn1c(N)c(N(Cc2ccccc2)C(=O)CC(NC(C)=O)c2ccc(C)cc2)c(=O)[nH]c1=O. The van der Waals surface area contributed by atoms with Crippen molar-refractivity contribution in [3.8, 4) is 0 Å². The number of aromatic amines is 1. The Morgan fingerprint density at radius 3 is 2.36 bits per heavy atom. The van der Waals surface area contributed by atoms with Gasteiger partial charge in [0.05, 0.1) is 19.0 Å². The molecule has 0 radical (unpaired) electrons. The number of benzene rings is 2. The molecule has 2 amide bonds. The maximum absolute atomic E-state index is 13.8. The van der Waals surface area contributed by atoms with Crippen LogP contribution >= 0.6 is 0 Å². The molecule has 2 aromatic carbocycles. The molecule has 0 aliphatic heterocycles. The van der Waals surface area contributed by atoms with E-state index in [1.165, 1.54) is 16.4 Å². The molecule has 3 aromatic rings. The summed E-state index contributed by atoms with van der Waals surface area (Å²) in [5, 5.41) is 2.84. The van der Waals surface area contributed by atoms with Crippen LogP contribution in [0.1, 0.15) is 55.8 Å². The monoisotopic (exact) mass is 491 g/mol. The average Bonchev–Trinajstić information content (AvgIpc) is 2.83. The number of nitrogens with two attached hydrogens (primary N) is 1. The van der Waals surface area contributed by atoms with E-state index in [0.717, 1.165) is 23.1 Å². The number of rotatable bonds is 10. The van der Waals surface area contributed by atoms with Gasteiger partial charge in [0, 0.05) is 13.5 Å². The van der Waals surface area contributed by atoms with E-state index in [1.807, 2.05) is 68.4 Å². The average molecular weight is 492 g/mol. The van der Waals surface area contributed by atoms with Crippen LogP contribution in [0.15, 0.2) is 64.2 Å². The number of hydrogen-bond donors (Lipinski definition) is 3. The topological polar surface area (TPSA) is 130 Å². The number of carbonyl (C=O) groups excluding carboxylic acids is 2. The van der Waals surface area contributed by atoms with Crippen molar-refractivity contribution in [2.45, 2.75) is 59.2 Å². The largest absolute Gasteiger partial charge is 0.383 e. The van der Waals surface area contributed by atoms with E-state index in [-0.39, 0.29) is 30.4 Å². The van der Waals surface area contributed by atoms with Crippen LogP contribution in [0.25, 0.3) is 0 Å². The molecule has 3 rings (SSSR count). The standard InChI is InChI=1S/C27H33N5O4/c1-4-5-15-31-25(28)24(26(35)30-27(31)36)32(17-20-9-7-6-8-10-20)23(34)16-22(29-19(3)33)21-13-11-18(2)12-14-21/h6-14,22H,4-5,15-17,28H2,1-3H3,(H,29,33)(H,30,35,36). The predicted octanol–water partition coefficient (Wildman–Crippen LogP) is 3.03. The summed E-state index contributed by atoms with van der Waals surface area (Å²) in [5.74, 6) is -0.766. The van der Waals surface area contributed by atoms with Gasteiger partial charge in [0.1, 0.15) is 5.82 Å². The normalized spacial score (nSPS) is 11.6. The highest BCUT2D eigenvalue weighted by Gasteiger charge is 2.27. The number of aryl methyl sites for hydroxylation is 1. The van der Waals surface area contributed by atoms with Crippen LogP contribution in [0.5, 0.6) is 0 Å². The van der Waals surface area contributed by atoms with Gasteiger partial charge in [0.2, 0.25) is 11.8 Å². The highest BCUT2D eigenvalue weighted by molar-refractivity contribution is 5.96. The highest BCUT2D eigenvalue weighted by atomic mass is 16.2. The van der Waals surface area contributed by atoms with E-state index in [9.17, 15) is 19.2 Å². The van der Waals surface area contributed by atoms with Gasteiger partial charge in [-0.25, -0.2) is 4.79 Å². The van der Waals surface area contributed by atoms with E-state index in [4.69, 9.17) is 5.73 Å². The second-order valence-corrected chi connectivity index (χ2v) is 8.83. The summed E-state index contributed by atoms with van der Waals surface area (Å²) in [6.07, 6.45) is 1.39. The summed E-state index contributed by atoms with van der Waals surface area (Å²) in [4.78, 5) is 54.8. The van der Waals surface area contributed by atoms with Crippen LogP contribution in [0, 0.1) is 6.92 Å². The van der Waals surface area contributed by atoms with Gasteiger partial charge in [-0.3, -0.25) is 28.8 Å². The number of carbonyl (C=O) groups is 2. The van der Waals surface area contributed by atoms with Crippen molar-refractivity contribution in [1.82, 2.24) is 14.9 Å². The molecular formula is C27H33N5O4. The molecule has 0 saturated carbocycles. The van der Waals surface area contributed by atoms with Gasteiger partial charge in [-0.05, 0) is 24.5 Å². The lowest BCUT2D eigenvalue weighted by Gasteiger charge is -2.27. The van der Waals surface area contributed by atoms with Gasteiger partial charge in [-0.15, -0.1) is 0 Å². The zero-order valence-electron chi connectivity index (χ0n) is 20.9. The molecule has 1 atom stereocenters. The Labute approximate surface area is 210 Å². The quantitative estimate of drug-likeness (QED) is 0.401. The molecule has 1 unspecified atom stereocenters. The maximum atomic E-state index is 13.8. The Hall–Kier alpha value is -4.14. The minimum absolute atomic E-state index is 0.0621. The zero-order valence-corrected chi connectivity index (χ0v) is 20.9. The molecule has 0 bridgehead atoms. The Bertz CT molecular complexity index is 1310. The smallest absolute Gasteiger partial charge is 0.330 e. The van der Waals surface area contributed by atoms with Crippen molar-refractivity contribution < 1.29 is 9.59 Å². The number of nitrogen functional groups attached to an aromatic ring is 1. The van der Waals surface area contributed by atoms with Crippen molar-refractivity contribution in [1.29, 1.82) is 0 Å². The maximum Gasteiger partial charge on any atom is 0.330 e. The summed E-state index contributed by atoms with van der Waals surface area (Å²) >= 11 is 0. The Balaban J connectivity index is 2.07. The van der Waals surface area contributed by atoms with E-state index in [2.05, 4.69) is 10.3 Å². The molecule has 36 heavy (non-hydrogen) atoms. The van der Waals surface area contributed by atoms with Crippen LogP contribution in [0.2, 0.25) is 0 Å². The summed E-state index contributed by atoms with van der Waals surface area (Å²) in [5.41, 5.74) is 7.50. The molecule has 0 saturated heterocycles. The van der Waals surface area contributed by atoms with Crippen LogP contribution in [0.3, 0.4) is 0 Å². The molecule has 0 aliphatic rings. The van der Waals surface area contributed by atoms with Gasteiger partial charge < -0.3 is 11.1 Å². The van der Waals surface area contributed by atoms with Crippen LogP contribution in [-0.4, -0.2) is 21.4 Å². The second-order valence-electron chi connectivity index (χ2n) is 8.83. The molecule has 0 aliphatic carbocycles. The Morgan fingerprint density at radius 1 is 1.08 bits per heavy atom. The van der Waals surface area contributed by atoms with E-state index < -0.39 is 23.2 Å². The lowest BCUT2D eigenvalue weighted by molar-refractivity contribution is -0.121. The lowest BCUT2D eigenvalue weighted by Crippen LogP contribution is -2.42. The van der Waals surface area contributed by atoms with Crippen molar-refractivity contribution in [2.75, 3.05) is 10.6 Å². The van der Waals surface area contributed by atoms with Gasteiger partial charge >= 0.3 is 5.69 Å². The minimum atomic E-state index is -0.735. The number of nitrogens with zero attached hydrogens (tertiary/aromatic N) is 2. The van der Waals surface area contributed by atoms with Crippen molar-refractivity contribution in [2.24, 2.45) is 0 Å². The number of nitrogens with one attached hydrogen (secondary N) is 2. The number of amides is 2. The third kappa shape index (κ3) is 6.50. The fourth-order valence-corrected chi connectivity index (χ4v) is 4.02. The van der Waals surface area contributed by atoms with Crippen LogP contribution in [-0.2, 0) is 22.7 Å². The minimum Gasteiger partial charge on any atom is -0.383 e. The molecule has 0 fully saturated rings. The first-order valence-corrected chi connectivity index (χ1v) is 12.0. The van der Waals surface area contributed by atoms with Gasteiger partial charge in [0.15, 0.2) is 5.69 Å². The van der Waals surface area contributed by atoms with Crippen LogP contribution in [0.4, 0.5) is 11.5 Å². The first-order valence-electron chi connectivity index (χ1n) is 12.0. The molecule has 190 valence electrons. The summed E-state index contributed by atoms with van der Waals surface area (Å²) in [6.45, 7) is 5.70. The second kappa shape index (κ2) is 12.0. The fourth-order valence-electron chi connectivity index (χ4n) is 4.02. The number of anilines is 2. The van der Waals surface area contributed by atoms with Crippen molar-refractivity contribution >= 4 is 23.3 Å². The lowest BCUT2D eigenvalue weighted by atomic mass is 10.0. The first-order chi connectivity index (χ1) is 17.2. The van der Waals surface area contributed by atoms with Crippen LogP contribution < -0.4 is 27.2 Å². The number of aromatic nitrogens is 2. The van der Waals surface area contributed by atoms with Crippen molar-refractivity contribution in [3.63, 3.8) is 0 Å². The number of unbranched alkanes of at least 4 members (excludes halogenated alkanes) is 1. The molecule has 0 spiro atoms. The zero-order chi connectivity index (χ0) is 26.2. The predicted molar refractivity (Wildman–Crippen MR) is 141 cm³/mol. The number of H-pyrrole nitrogens is 1. The Morgan fingerprint density at radius 2 is 1.75 bits per heavy atom. The summed E-state index contributed by atoms with van der Waals surface area (Å²) in [7, 11) is 0. The van der Waals surface area contributed by atoms with Crippen molar-refractivity contribution in [3.05, 3.63) is 92.1 Å². The van der Waals surface area contributed by atoms with Gasteiger partial charge in [-0.1, -0.05) is 73.5 Å². The molecule has 9 nitrogen and oxygen atoms in total. The summed E-state index contributed by atoms with van der Waals surface area (Å²) < 4.78 is 1.29. The molecule has 4 N–H and O–H groups in total. The summed E-state index contributed by atoms with van der Waals surface area (Å²) in [6, 6.07) is 16.1. The molecular weight excluding hydrogens is 458 g/mol. The molecule has 1 aromatic heterocycles.